The molecule has 3 aromatic carbocycles. The van der Waals surface area contributed by atoms with E-state index in [1.807, 2.05) is 78.9 Å². The molecule has 0 saturated heterocycles. The van der Waals surface area contributed by atoms with Crippen LogP contribution in [0.15, 0.2) is 78.9 Å². The monoisotopic (exact) mass is 421 g/mol. The van der Waals surface area contributed by atoms with Gasteiger partial charge in [0.15, 0.2) is 0 Å². The fourth-order valence-electron chi connectivity index (χ4n) is 4.36. The maximum atomic E-state index is 12.1. The number of fused-ring (bicyclic) bond motifs is 2. The largest absolute Gasteiger partial charge is 0.489 e. The molecule has 0 radical (unpaired) electrons. The Kier molecular flexibility index (Phi) is 5.42. The standard InChI is InChI=1S/C28H23NO3/c30-28(31)26-23-13-4-5-15-25(23)29-27-21(11-7-14-24(26)27)16-20-10-6-12-22(17-20)32-18-19-8-2-1-3-9-19/h1-6,8-10,12-13,15-17H,7,11,14,18H2,(H,30,31). The summed E-state index contributed by atoms with van der Waals surface area (Å²) in [7, 11) is 0. The van der Waals surface area contributed by atoms with Crippen LogP contribution in [0.5, 0.6) is 5.75 Å². The molecular formula is C28H23NO3. The highest BCUT2D eigenvalue weighted by Crippen LogP contribution is 2.36. The minimum Gasteiger partial charge on any atom is -0.489 e. The fraction of sp³-hybridized carbons (Fsp3) is 0.143. The van der Waals surface area contributed by atoms with Crippen LogP contribution in [0.3, 0.4) is 0 Å². The third kappa shape index (κ3) is 4.00. The van der Waals surface area contributed by atoms with Gasteiger partial charge in [-0.15, -0.1) is 0 Å². The number of pyridine rings is 1. The van der Waals surface area contributed by atoms with E-state index >= 15 is 0 Å². The highest BCUT2D eigenvalue weighted by molar-refractivity contribution is 6.05. The molecule has 0 saturated carbocycles. The second-order valence-corrected chi connectivity index (χ2v) is 8.01. The van der Waals surface area contributed by atoms with Crippen molar-refractivity contribution in [3.05, 3.63) is 107 Å². The zero-order valence-corrected chi connectivity index (χ0v) is 17.6. The molecule has 1 aliphatic rings. The maximum Gasteiger partial charge on any atom is 0.336 e. The summed E-state index contributed by atoms with van der Waals surface area (Å²) >= 11 is 0. The first kappa shape index (κ1) is 20.0. The van der Waals surface area contributed by atoms with Gasteiger partial charge in [-0.05, 0) is 65.8 Å². The summed E-state index contributed by atoms with van der Waals surface area (Å²) in [6.07, 6.45) is 4.61. The average molecular weight is 421 g/mol. The van der Waals surface area contributed by atoms with Gasteiger partial charge in [0.25, 0.3) is 0 Å². The molecule has 0 bridgehead atoms. The zero-order chi connectivity index (χ0) is 21.9. The summed E-state index contributed by atoms with van der Waals surface area (Å²) in [4.78, 5) is 17.0. The van der Waals surface area contributed by atoms with E-state index < -0.39 is 5.97 Å². The van der Waals surface area contributed by atoms with Crippen molar-refractivity contribution in [2.45, 2.75) is 25.9 Å². The van der Waals surface area contributed by atoms with Gasteiger partial charge in [0, 0.05) is 5.39 Å². The summed E-state index contributed by atoms with van der Waals surface area (Å²) in [5.41, 5.74) is 5.96. The molecule has 4 aromatic rings. The van der Waals surface area contributed by atoms with Gasteiger partial charge >= 0.3 is 5.97 Å². The molecule has 158 valence electrons. The molecular weight excluding hydrogens is 398 g/mol. The molecule has 32 heavy (non-hydrogen) atoms. The van der Waals surface area contributed by atoms with E-state index in [1.54, 1.807) is 0 Å². The van der Waals surface area contributed by atoms with Crippen molar-refractivity contribution in [3.63, 3.8) is 0 Å². The lowest BCUT2D eigenvalue weighted by Gasteiger charge is -2.21. The summed E-state index contributed by atoms with van der Waals surface area (Å²) in [5.74, 6) is -0.0886. The summed E-state index contributed by atoms with van der Waals surface area (Å²) < 4.78 is 5.98. The molecule has 1 aromatic heterocycles. The predicted octanol–water partition coefficient (Wildman–Crippen LogP) is 6.39. The van der Waals surface area contributed by atoms with Crippen molar-refractivity contribution in [2.24, 2.45) is 0 Å². The number of para-hydroxylation sites is 1. The maximum absolute atomic E-state index is 12.1. The van der Waals surface area contributed by atoms with Gasteiger partial charge in [0.2, 0.25) is 0 Å². The summed E-state index contributed by atoms with van der Waals surface area (Å²) in [6.45, 7) is 0.513. The van der Waals surface area contributed by atoms with Gasteiger partial charge < -0.3 is 9.84 Å². The van der Waals surface area contributed by atoms with Crippen molar-refractivity contribution in [1.29, 1.82) is 0 Å². The van der Waals surface area contributed by atoms with Crippen LogP contribution in [0.25, 0.3) is 22.6 Å². The van der Waals surface area contributed by atoms with Crippen LogP contribution in [0.4, 0.5) is 0 Å². The molecule has 0 spiro atoms. The number of hydrogen-bond acceptors (Lipinski definition) is 3. The van der Waals surface area contributed by atoms with Gasteiger partial charge in [0.1, 0.15) is 12.4 Å². The number of carboxylic acids is 1. The Hall–Kier alpha value is -3.92. The van der Waals surface area contributed by atoms with E-state index in [2.05, 4.69) is 6.08 Å². The SMILES string of the molecule is O=C(O)c1c2c(nc3ccccc13)C(=Cc1cccc(OCc3ccccc3)c1)CCC2. The average Bonchev–Trinajstić information content (AvgIpc) is 2.82. The Morgan fingerprint density at radius 3 is 2.62 bits per heavy atom. The second-order valence-electron chi connectivity index (χ2n) is 8.01. The first-order valence-electron chi connectivity index (χ1n) is 10.8. The number of aromatic carboxylic acids is 1. The van der Waals surface area contributed by atoms with Crippen LogP contribution in [0.1, 0.15) is 45.6 Å². The van der Waals surface area contributed by atoms with E-state index in [9.17, 15) is 9.90 Å². The molecule has 4 heteroatoms. The molecule has 0 amide bonds. The van der Waals surface area contributed by atoms with E-state index in [0.717, 1.165) is 58.5 Å². The minimum absolute atomic E-state index is 0.385. The van der Waals surface area contributed by atoms with Crippen molar-refractivity contribution in [3.8, 4) is 5.75 Å². The van der Waals surface area contributed by atoms with Crippen molar-refractivity contribution in [1.82, 2.24) is 4.98 Å². The number of aromatic nitrogens is 1. The number of hydrogen-bond donors (Lipinski definition) is 1. The first-order chi connectivity index (χ1) is 15.7. The molecule has 1 N–H and O–H groups in total. The topological polar surface area (TPSA) is 59.4 Å². The van der Waals surface area contributed by atoms with Crippen LogP contribution in [0, 0.1) is 0 Å². The Morgan fingerprint density at radius 2 is 1.78 bits per heavy atom. The number of carbonyl (C=O) groups is 1. The molecule has 0 fully saturated rings. The van der Waals surface area contributed by atoms with E-state index in [1.165, 1.54) is 0 Å². The van der Waals surface area contributed by atoms with Gasteiger partial charge in [-0.3, -0.25) is 0 Å². The quantitative estimate of drug-likeness (QED) is 0.406. The fourth-order valence-corrected chi connectivity index (χ4v) is 4.36. The number of ether oxygens (including phenoxy) is 1. The van der Waals surface area contributed by atoms with Crippen LogP contribution < -0.4 is 4.74 Å². The Morgan fingerprint density at radius 1 is 0.969 bits per heavy atom. The Labute approximate surface area is 186 Å². The lowest BCUT2D eigenvalue weighted by molar-refractivity contribution is 0.0697. The molecule has 0 unspecified atom stereocenters. The van der Waals surface area contributed by atoms with Crippen LogP contribution in [-0.2, 0) is 13.0 Å². The summed E-state index contributed by atoms with van der Waals surface area (Å²) in [5, 5.41) is 10.6. The number of carboxylic acid groups (broad SMARTS) is 1. The highest BCUT2D eigenvalue weighted by atomic mass is 16.5. The number of rotatable bonds is 5. The molecule has 1 heterocycles. The molecule has 1 aliphatic carbocycles. The van der Waals surface area contributed by atoms with E-state index in [0.29, 0.717) is 17.6 Å². The normalized spacial score (nSPS) is 14.3. The van der Waals surface area contributed by atoms with Crippen molar-refractivity contribution >= 4 is 28.5 Å². The molecule has 4 nitrogen and oxygen atoms in total. The van der Waals surface area contributed by atoms with Gasteiger partial charge in [-0.25, -0.2) is 9.78 Å². The number of allylic oxidation sites excluding steroid dienone is 1. The van der Waals surface area contributed by atoms with Crippen LogP contribution in [0.2, 0.25) is 0 Å². The smallest absolute Gasteiger partial charge is 0.336 e. The van der Waals surface area contributed by atoms with Gasteiger partial charge in [-0.2, -0.15) is 0 Å². The van der Waals surface area contributed by atoms with Crippen molar-refractivity contribution < 1.29 is 14.6 Å². The van der Waals surface area contributed by atoms with Crippen LogP contribution >= 0.6 is 0 Å². The van der Waals surface area contributed by atoms with Gasteiger partial charge in [0.05, 0.1) is 16.8 Å². The molecule has 0 atom stereocenters. The third-order valence-corrected chi connectivity index (χ3v) is 5.83. The second kappa shape index (κ2) is 8.67. The predicted molar refractivity (Wildman–Crippen MR) is 127 cm³/mol. The highest BCUT2D eigenvalue weighted by Gasteiger charge is 2.24. The third-order valence-electron chi connectivity index (χ3n) is 5.83. The van der Waals surface area contributed by atoms with E-state index in [-0.39, 0.29) is 0 Å². The van der Waals surface area contributed by atoms with E-state index in [4.69, 9.17) is 9.72 Å². The number of benzene rings is 3. The minimum atomic E-state index is -0.891. The Bertz CT molecular complexity index is 1330. The lowest BCUT2D eigenvalue weighted by Crippen LogP contribution is -2.13. The van der Waals surface area contributed by atoms with Crippen LogP contribution in [-0.4, -0.2) is 16.1 Å². The number of nitrogens with zero attached hydrogens (tertiary/aromatic N) is 1. The van der Waals surface area contributed by atoms with Gasteiger partial charge in [-0.1, -0.05) is 60.7 Å². The molecule has 5 rings (SSSR count). The Balaban J connectivity index is 1.51. The first-order valence-corrected chi connectivity index (χ1v) is 10.8. The zero-order valence-electron chi connectivity index (χ0n) is 17.6. The lowest BCUT2D eigenvalue weighted by atomic mass is 9.86. The summed E-state index contributed by atoms with van der Waals surface area (Å²) in [6, 6.07) is 25.6. The van der Waals surface area contributed by atoms with Crippen molar-refractivity contribution in [2.75, 3.05) is 0 Å². The molecule has 0 aliphatic heterocycles.